The van der Waals surface area contributed by atoms with Gasteiger partial charge in [-0.3, -0.25) is 29.0 Å². The molecule has 0 spiro atoms. The van der Waals surface area contributed by atoms with Crippen molar-refractivity contribution >= 4 is 35.8 Å². The molecule has 5 rings (SSSR count). The topological polar surface area (TPSA) is 251 Å². The lowest BCUT2D eigenvalue weighted by molar-refractivity contribution is -0.307. The average molecular weight is 1190 g/mol. The molecule has 22 atom stereocenters. The van der Waals surface area contributed by atoms with Gasteiger partial charge in [-0.05, 0) is 103 Å². The molecule has 4 aliphatic rings. The van der Waals surface area contributed by atoms with Gasteiger partial charge in [-0.2, -0.15) is 0 Å². The molecular weight excluding hydrogens is 1090 g/mol. The van der Waals surface area contributed by atoms with E-state index < -0.39 is 157 Å². The monoisotopic (exact) mass is 1190 g/mol. The van der Waals surface area contributed by atoms with Crippen LogP contribution in [0.5, 0.6) is 0 Å². The van der Waals surface area contributed by atoms with Crippen molar-refractivity contribution in [2.24, 2.45) is 41.4 Å². The Balaban J connectivity index is 1.70. The van der Waals surface area contributed by atoms with Crippen LogP contribution >= 0.6 is 0 Å². The van der Waals surface area contributed by atoms with Crippen molar-refractivity contribution in [1.29, 1.82) is 0 Å². The maximum atomic E-state index is 15.9. The van der Waals surface area contributed by atoms with Crippen LogP contribution < -0.4 is 5.32 Å². The Kier molecular flexibility index (Phi) is 26.6. The molecule has 4 fully saturated rings. The van der Waals surface area contributed by atoms with Crippen molar-refractivity contribution in [1.82, 2.24) is 15.2 Å². The van der Waals surface area contributed by atoms with Gasteiger partial charge in [0.1, 0.15) is 24.4 Å². The molecule has 22 nitrogen and oxygen atoms in total. The van der Waals surface area contributed by atoms with Crippen LogP contribution in [0.1, 0.15) is 135 Å². The van der Waals surface area contributed by atoms with Crippen LogP contribution in [-0.4, -0.2) is 184 Å². The van der Waals surface area contributed by atoms with E-state index in [-0.39, 0.29) is 44.1 Å². The normalized spacial score (nSPS) is 37.2. The van der Waals surface area contributed by atoms with Crippen LogP contribution in [0.15, 0.2) is 36.7 Å². The molecular formula is C62H99N3O19. The number of alkyl carbamates (subject to hydrolysis) is 1. The summed E-state index contributed by atoms with van der Waals surface area (Å²) in [6, 6.07) is 3.66. The lowest BCUT2D eigenvalue weighted by Crippen LogP contribution is -2.60. The van der Waals surface area contributed by atoms with E-state index >= 15 is 9.59 Å². The number of hydrogen-bond acceptors (Lipinski definition) is 21. The van der Waals surface area contributed by atoms with Gasteiger partial charge < -0.3 is 71.8 Å². The summed E-state index contributed by atoms with van der Waals surface area (Å²) in [5.41, 5.74) is -0.502. The van der Waals surface area contributed by atoms with E-state index in [1.807, 2.05) is 60.7 Å². The molecule has 1 amide bonds. The molecule has 4 saturated heterocycles. The van der Waals surface area contributed by atoms with Gasteiger partial charge >= 0.3 is 30.0 Å². The quantitative estimate of drug-likeness (QED) is 0.0808. The summed E-state index contributed by atoms with van der Waals surface area (Å²) in [7, 11) is 4.93. The van der Waals surface area contributed by atoms with Crippen molar-refractivity contribution in [3.63, 3.8) is 0 Å². The number of ketones is 1. The van der Waals surface area contributed by atoms with Crippen molar-refractivity contribution in [3.05, 3.63) is 42.2 Å². The second kappa shape index (κ2) is 31.8. The van der Waals surface area contributed by atoms with Crippen LogP contribution in [0, 0.1) is 41.4 Å². The van der Waals surface area contributed by atoms with Gasteiger partial charge in [0.15, 0.2) is 42.5 Å². The Morgan fingerprint density at radius 1 is 0.786 bits per heavy atom. The highest BCUT2D eigenvalue weighted by Crippen LogP contribution is 2.41. The predicted molar refractivity (Wildman–Crippen MR) is 307 cm³/mol. The summed E-state index contributed by atoms with van der Waals surface area (Å²) in [6.45, 7) is 30.9. The lowest BCUT2D eigenvalue weighted by Gasteiger charge is -2.45. The molecule has 22 heteroatoms. The molecule has 1 aromatic rings. The Morgan fingerprint density at radius 2 is 1.44 bits per heavy atom. The zero-order chi connectivity index (χ0) is 62.5. The summed E-state index contributed by atoms with van der Waals surface area (Å²) >= 11 is 0. The molecule has 0 aromatic carbocycles. The molecule has 0 unspecified atom stereocenters. The number of rotatable bonds is 19. The number of methoxy groups -OCH3 is 2. The third kappa shape index (κ3) is 18.9. The van der Waals surface area contributed by atoms with Crippen molar-refractivity contribution in [3.8, 4) is 0 Å². The molecule has 1 N–H and O–H groups in total. The minimum atomic E-state index is -1.97. The van der Waals surface area contributed by atoms with E-state index in [0.29, 0.717) is 31.4 Å². The van der Waals surface area contributed by atoms with Gasteiger partial charge in [0.25, 0.3) is 0 Å². The highest BCUT2D eigenvalue weighted by Gasteiger charge is 2.53. The first-order chi connectivity index (χ1) is 39.5. The first-order valence-electron chi connectivity index (χ1n) is 30.0. The summed E-state index contributed by atoms with van der Waals surface area (Å²) in [6.07, 6.45) is -9.16. The summed E-state index contributed by atoms with van der Waals surface area (Å²) in [5, 5.41) is 2.83. The Morgan fingerprint density at radius 3 is 2.06 bits per heavy atom. The minimum absolute atomic E-state index is 0.00158. The fourth-order valence-corrected chi connectivity index (χ4v) is 12.4. The molecule has 0 aliphatic carbocycles. The number of ether oxygens (including phenoxy) is 13. The summed E-state index contributed by atoms with van der Waals surface area (Å²) < 4.78 is 82.9. The van der Waals surface area contributed by atoms with Gasteiger partial charge in [0.2, 0.25) is 0 Å². The lowest BCUT2D eigenvalue weighted by atomic mass is 9.74. The van der Waals surface area contributed by atoms with E-state index in [9.17, 15) is 19.2 Å². The van der Waals surface area contributed by atoms with Gasteiger partial charge in [-0.1, -0.05) is 55.0 Å². The van der Waals surface area contributed by atoms with E-state index in [2.05, 4.69) is 28.7 Å². The predicted octanol–water partition coefficient (Wildman–Crippen LogP) is 7.34. The Hall–Kier alpha value is -4.65. The number of cyclic esters (lactones) is 1. The molecule has 5 heterocycles. The number of carbonyl (C=O) groups excluding carboxylic acids is 6. The van der Waals surface area contributed by atoms with Crippen molar-refractivity contribution in [2.75, 3.05) is 41.0 Å². The Bertz CT molecular complexity index is 2330. The van der Waals surface area contributed by atoms with Crippen LogP contribution in [-0.2, 0) is 92.0 Å². The molecule has 0 bridgehead atoms. The van der Waals surface area contributed by atoms with Crippen molar-refractivity contribution < 1.29 is 90.3 Å². The molecule has 0 radical (unpaired) electrons. The SMILES string of the molecule is C=C1C[C@@H](C)O[C@@H](O[C@@H]2[C@@H](C)[C@H](O[C@H]3C[C@H](C)N(C)C[C@H](C)O3)[C@@H](C)C(=O)O[C@H]([C@@H](C)CO[C@@H]3O[C@H](C)[C@@H](OC(C)=O)[C@@H](OC)[C@H]3OC)[C@H](C)[C@@H](OC(=O)CC(C)C)[C@@H](C)C(=O)[C@@](C)(OC(=O)NCCc3ccncc3)C[C@@H]2C)[C@@H]1OC(C)=O. The smallest absolute Gasteiger partial charge is 0.408 e. The molecule has 1 aromatic heterocycles. The van der Waals surface area contributed by atoms with Crippen LogP contribution in [0.2, 0.25) is 0 Å². The molecule has 0 saturated carbocycles. The summed E-state index contributed by atoms with van der Waals surface area (Å²) in [4.78, 5) is 91.0. The average Bonchev–Trinajstić information content (AvgIpc) is 2.35. The van der Waals surface area contributed by atoms with E-state index in [4.69, 9.17) is 61.6 Å². The van der Waals surface area contributed by atoms with Crippen LogP contribution in [0.25, 0.3) is 0 Å². The number of nitrogens with zero attached hydrogens (tertiary/aromatic N) is 2. The highest BCUT2D eigenvalue weighted by molar-refractivity contribution is 5.91. The minimum Gasteiger partial charge on any atom is -0.461 e. The zero-order valence-electron chi connectivity index (χ0n) is 53.0. The number of esters is 4. The van der Waals surface area contributed by atoms with Crippen LogP contribution in [0.3, 0.4) is 0 Å². The zero-order valence-corrected chi connectivity index (χ0v) is 53.0. The third-order valence-electron chi connectivity index (χ3n) is 16.8. The summed E-state index contributed by atoms with van der Waals surface area (Å²) in [5.74, 6) is -8.67. The molecule has 476 valence electrons. The van der Waals surface area contributed by atoms with Gasteiger partial charge in [0.05, 0.1) is 49.0 Å². The number of aromatic nitrogens is 1. The first-order valence-corrected chi connectivity index (χ1v) is 30.0. The van der Waals surface area contributed by atoms with Crippen molar-refractivity contribution in [2.45, 2.75) is 234 Å². The van der Waals surface area contributed by atoms with Gasteiger partial charge in [-0.25, -0.2) is 4.79 Å². The van der Waals surface area contributed by atoms with Crippen LogP contribution in [0.4, 0.5) is 4.79 Å². The Labute approximate surface area is 497 Å². The second-order valence-electron chi connectivity index (χ2n) is 24.8. The standard InChI is InChI=1S/C62H99N3O19/c1-32(2)26-47(68)80-52-40(10)50(35(5)31-74-59-56(73-19)55(72-18)54(43(13)77-59)79-45(15)67)82-58(70)42(12)53(81-48-28-36(6)65(17)30-38(8)75-48)39(9)49(83-60-51(78-44(14)66)33(3)27-37(7)76-60)34(4)29-62(16,57(69)41(52)11)84-61(71)64-25-22-46-20-23-63-24-21-46/h20-21,23-24,32,34-43,48-56,59-60H,3,22,25-31H2,1-2,4-19H3,(H,64,71)/t34-,35-,36-,37+,38-,39+,40-,41+,42+,43+,48-,49-,50+,51+,52+,53-,54+,55+,56+,59+,60-,62-/m0/s1. The van der Waals surface area contributed by atoms with E-state index in [1.54, 1.807) is 53.9 Å². The maximum Gasteiger partial charge on any atom is 0.408 e. The first kappa shape index (κ1) is 70.1. The fraction of sp³-hybridized carbons (Fsp3) is 0.790. The molecule has 4 aliphatic heterocycles. The maximum absolute atomic E-state index is 15.9. The number of Topliss-reactive ketones (excluding diaryl/α,β-unsaturated/α-hetero) is 1. The van der Waals surface area contributed by atoms with Gasteiger partial charge in [-0.15, -0.1) is 0 Å². The number of nitrogens with one attached hydrogen (secondary N) is 1. The fourth-order valence-electron chi connectivity index (χ4n) is 12.4. The number of carbonyl (C=O) groups is 6. The third-order valence-corrected chi connectivity index (χ3v) is 16.8. The number of pyridine rings is 1. The van der Waals surface area contributed by atoms with E-state index in [1.165, 1.54) is 28.1 Å². The van der Waals surface area contributed by atoms with E-state index in [0.717, 1.165) is 5.56 Å². The number of amides is 1. The largest absolute Gasteiger partial charge is 0.461 e. The number of hydrogen-bond donors (Lipinski definition) is 1. The number of likely N-dealkylation sites (N-methyl/N-ethyl adjacent to an activating group) is 1. The highest BCUT2D eigenvalue weighted by atomic mass is 16.7. The van der Waals surface area contributed by atoms with Gasteiger partial charge in [0, 0.05) is 90.2 Å². The molecule has 84 heavy (non-hydrogen) atoms. The second-order valence-corrected chi connectivity index (χ2v) is 24.8.